The third-order valence-electron chi connectivity index (χ3n) is 4.84. The van der Waals surface area contributed by atoms with Gasteiger partial charge in [0.25, 0.3) is 0 Å². The van der Waals surface area contributed by atoms with Crippen molar-refractivity contribution >= 4 is 22.6 Å². The van der Waals surface area contributed by atoms with E-state index in [2.05, 4.69) is 0 Å². The van der Waals surface area contributed by atoms with Gasteiger partial charge in [0.2, 0.25) is 5.43 Å². The van der Waals surface area contributed by atoms with Crippen LogP contribution in [0, 0.1) is 0 Å². The van der Waals surface area contributed by atoms with E-state index < -0.39 is 0 Å². The summed E-state index contributed by atoms with van der Waals surface area (Å²) in [5.74, 6) is 1.18. The van der Waals surface area contributed by atoms with Gasteiger partial charge < -0.3 is 23.7 Å². The van der Waals surface area contributed by atoms with Crippen LogP contribution in [0.5, 0.6) is 23.0 Å². The first-order valence-corrected chi connectivity index (χ1v) is 9.76. The molecule has 0 saturated carbocycles. The molecule has 0 unspecified atom stereocenters. The van der Waals surface area contributed by atoms with Crippen LogP contribution >= 0.6 is 11.6 Å². The summed E-state index contributed by atoms with van der Waals surface area (Å²) < 4.78 is 21.9. The second-order valence-electron chi connectivity index (χ2n) is 6.78. The zero-order valence-corrected chi connectivity index (χ0v) is 17.6. The van der Waals surface area contributed by atoms with Gasteiger partial charge in [-0.25, -0.2) is 0 Å². The maximum atomic E-state index is 13.1. The molecule has 3 aromatic carbocycles. The summed E-state index contributed by atoms with van der Waals surface area (Å²) in [6.07, 6.45) is 1.36. The van der Waals surface area contributed by atoms with Crippen molar-refractivity contribution < 1.29 is 23.7 Å². The second-order valence-corrected chi connectivity index (χ2v) is 7.22. The highest BCUT2D eigenvalue weighted by Crippen LogP contribution is 2.34. The van der Waals surface area contributed by atoms with Crippen molar-refractivity contribution in [3.05, 3.63) is 81.7 Å². The summed E-state index contributed by atoms with van der Waals surface area (Å²) >= 11 is 5.89. The number of halogens is 1. The third kappa shape index (κ3) is 4.15. The summed E-state index contributed by atoms with van der Waals surface area (Å²) in [5.41, 5.74) is 1.64. The predicted octanol–water partition coefficient (Wildman–Crippen LogP) is 5.42. The average Bonchev–Trinajstić information content (AvgIpc) is 2.78. The number of hydrogen-bond acceptors (Lipinski definition) is 6. The Bertz CT molecular complexity index is 1290. The fraction of sp³-hybridized carbons (Fsp3) is 0.125. The van der Waals surface area contributed by atoms with Crippen molar-refractivity contribution in [3.8, 4) is 34.1 Å². The molecule has 158 valence electrons. The summed E-state index contributed by atoms with van der Waals surface area (Å²) in [5, 5.41) is 11.2. The molecule has 7 heteroatoms. The Balaban J connectivity index is 1.68. The molecule has 31 heavy (non-hydrogen) atoms. The van der Waals surface area contributed by atoms with Crippen LogP contribution in [-0.4, -0.2) is 19.3 Å². The third-order valence-corrected chi connectivity index (χ3v) is 5.10. The molecule has 6 nitrogen and oxygen atoms in total. The lowest BCUT2D eigenvalue weighted by Gasteiger charge is -2.11. The van der Waals surface area contributed by atoms with Crippen molar-refractivity contribution in [2.75, 3.05) is 14.2 Å². The van der Waals surface area contributed by atoms with Crippen LogP contribution in [0.15, 0.2) is 70.1 Å². The number of phenols is 1. The lowest BCUT2D eigenvalue weighted by atomic mass is 10.0. The molecule has 0 saturated heterocycles. The molecule has 0 fully saturated rings. The maximum Gasteiger partial charge on any atom is 0.204 e. The van der Waals surface area contributed by atoms with E-state index in [1.165, 1.54) is 26.5 Å². The first-order valence-electron chi connectivity index (χ1n) is 9.38. The average molecular weight is 439 g/mol. The highest BCUT2D eigenvalue weighted by atomic mass is 35.5. The summed E-state index contributed by atoms with van der Waals surface area (Å²) in [7, 11) is 3.05. The van der Waals surface area contributed by atoms with E-state index in [-0.39, 0.29) is 28.8 Å². The fourth-order valence-electron chi connectivity index (χ4n) is 3.24. The highest BCUT2D eigenvalue weighted by molar-refractivity contribution is 6.30. The van der Waals surface area contributed by atoms with Crippen LogP contribution in [0.25, 0.3) is 22.1 Å². The molecule has 4 aromatic rings. The lowest BCUT2D eigenvalue weighted by molar-refractivity contribution is 0.304. The van der Waals surface area contributed by atoms with Gasteiger partial charge in [-0.05, 0) is 35.4 Å². The van der Waals surface area contributed by atoms with E-state index >= 15 is 0 Å². The van der Waals surface area contributed by atoms with Crippen LogP contribution in [-0.2, 0) is 6.61 Å². The van der Waals surface area contributed by atoms with Crippen LogP contribution < -0.4 is 19.6 Å². The normalized spacial score (nSPS) is 10.8. The van der Waals surface area contributed by atoms with E-state index in [1.54, 1.807) is 36.4 Å². The summed E-state index contributed by atoms with van der Waals surface area (Å²) in [6, 6.07) is 15.3. The van der Waals surface area contributed by atoms with E-state index in [4.69, 9.17) is 30.2 Å². The number of rotatable bonds is 6. The quantitative estimate of drug-likeness (QED) is 0.433. The molecule has 0 bridgehead atoms. The van der Waals surface area contributed by atoms with Crippen molar-refractivity contribution in [1.29, 1.82) is 0 Å². The Morgan fingerprint density at radius 2 is 1.71 bits per heavy atom. The van der Waals surface area contributed by atoms with E-state index in [1.807, 2.05) is 12.1 Å². The van der Waals surface area contributed by atoms with Gasteiger partial charge in [0.1, 0.15) is 35.3 Å². The van der Waals surface area contributed by atoms with Gasteiger partial charge in [-0.15, -0.1) is 0 Å². The van der Waals surface area contributed by atoms with Crippen molar-refractivity contribution in [2.45, 2.75) is 6.61 Å². The Kier molecular flexibility index (Phi) is 5.73. The van der Waals surface area contributed by atoms with E-state index in [0.29, 0.717) is 33.4 Å². The fourth-order valence-corrected chi connectivity index (χ4v) is 3.37. The number of phenolic OH excluding ortho intramolecular Hbond substituents is 1. The molecule has 1 N–H and O–H groups in total. The monoisotopic (exact) mass is 438 g/mol. The number of fused-ring (bicyclic) bond motifs is 1. The number of aromatic hydroxyl groups is 1. The molecule has 0 aliphatic heterocycles. The van der Waals surface area contributed by atoms with Gasteiger partial charge in [0.05, 0.1) is 19.8 Å². The SMILES string of the molecule is COc1ccc(-c2coc3cc(OCc4ccc(Cl)cc4)cc(O)c3c2=O)cc1OC. The zero-order chi connectivity index (χ0) is 22.0. The van der Waals surface area contributed by atoms with Crippen molar-refractivity contribution in [2.24, 2.45) is 0 Å². The number of hydrogen-bond donors (Lipinski definition) is 1. The zero-order valence-electron chi connectivity index (χ0n) is 16.8. The molecular weight excluding hydrogens is 420 g/mol. The Hall–Kier alpha value is -3.64. The lowest BCUT2D eigenvalue weighted by Crippen LogP contribution is -2.06. The van der Waals surface area contributed by atoms with E-state index in [0.717, 1.165) is 5.56 Å². The molecule has 4 rings (SSSR count). The molecular formula is C24H19ClO6. The number of benzene rings is 3. The molecule has 0 amide bonds. The number of methoxy groups -OCH3 is 2. The Morgan fingerprint density at radius 3 is 2.42 bits per heavy atom. The first-order chi connectivity index (χ1) is 15.0. The molecule has 0 spiro atoms. The predicted molar refractivity (Wildman–Crippen MR) is 118 cm³/mol. The van der Waals surface area contributed by atoms with Crippen LogP contribution in [0.4, 0.5) is 0 Å². The minimum atomic E-state index is -0.366. The molecule has 0 aliphatic rings. The minimum absolute atomic E-state index is 0.0751. The molecule has 0 radical (unpaired) electrons. The van der Waals surface area contributed by atoms with Crippen LogP contribution in [0.2, 0.25) is 5.02 Å². The number of ether oxygens (including phenoxy) is 3. The maximum absolute atomic E-state index is 13.1. The largest absolute Gasteiger partial charge is 0.507 e. The first kappa shape index (κ1) is 20.6. The smallest absolute Gasteiger partial charge is 0.204 e. The van der Waals surface area contributed by atoms with Gasteiger partial charge >= 0.3 is 0 Å². The second kappa shape index (κ2) is 8.62. The summed E-state index contributed by atoms with van der Waals surface area (Å²) in [6.45, 7) is 0.274. The van der Waals surface area contributed by atoms with Gasteiger partial charge in [-0.2, -0.15) is 0 Å². The van der Waals surface area contributed by atoms with Crippen LogP contribution in [0.3, 0.4) is 0 Å². The van der Waals surface area contributed by atoms with Crippen molar-refractivity contribution in [3.63, 3.8) is 0 Å². The highest BCUT2D eigenvalue weighted by Gasteiger charge is 2.16. The topological polar surface area (TPSA) is 78.1 Å². The molecule has 0 atom stereocenters. The van der Waals surface area contributed by atoms with Gasteiger partial charge in [-0.3, -0.25) is 4.79 Å². The molecule has 0 aliphatic carbocycles. The van der Waals surface area contributed by atoms with Gasteiger partial charge in [0.15, 0.2) is 11.5 Å². The van der Waals surface area contributed by atoms with Gasteiger partial charge in [0, 0.05) is 17.2 Å². The van der Waals surface area contributed by atoms with E-state index in [9.17, 15) is 9.90 Å². The van der Waals surface area contributed by atoms with Crippen LogP contribution in [0.1, 0.15) is 5.56 Å². The Morgan fingerprint density at radius 1 is 0.968 bits per heavy atom. The minimum Gasteiger partial charge on any atom is -0.507 e. The molecule has 1 heterocycles. The van der Waals surface area contributed by atoms with Crippen molar-refractivity contribution in [1.82, 2.24) is 0 Å². The standard InChI is InChI=1S/C24H19ClO6/c1-28-20-8-5-15(9-21(20)29-2)18-13-31-22-11-17(10-19(26)23(22)24(18)27)30-12-14-3-6-16(25)7-4-14/h3-11,13,26H,12H2,1-2H3. The Labute approximate surface area is 183 Å². The van der Waals surface area contributed by atoms with Gasteiger partial charge in [-0.1, -0.05) is 29.8 Å². The summed E-state index contributed by atoms with van der Waals surface area (Å²) in [4.78, 5) is 13.1. The molecule has 1 aromatic heterocycles.